The van der Waals surface area contributed by atoms with Gasteiger partial charge in [-0.25, -0.2) is 4.79 Å². The number of aromatic carboxylic acids is 1. The highest BCUT2D eigenvalue weighted by Crippen LogP contribution is 2.26. The van der Waals surface area contributed by atoms with Gasteiger partial charge in [0, 0.05) is 10.6 Å². The Bertz CT molecular complexity index is 631. The maximum Gasteiger partial charge on any atom is 0.335 e. The largest absolute Gasteiger partial charge is 0.493 e. The molecule has 0 spiro atoms. The van der Waals surface area contributed by atoms with Gasteiger partial charge >= 0.3 is 5.97 Å². The lowest BCUT2D eigenvalue weighted by molar-refractivity contribution is 0.0697. The van der Waals surface area contributed by atoms with E-state index in [4.69, 9.17) is 27.2 Å². The highest BCUT2D eigenvalue weighted by atomic mass is 35.5. The van der Waals surface area contributed by atoms with Crippen LogP contribution in [0.5, 0.6) is 5.75 Å². The van der Waals surface area contributed by atoms with Crippen LogP contribution in [0, 0.1) is 0 Å². The number of carboxylic acid groups (broad SMARTS) is 1. The Kier molecular flexibility index (Phi) is 5.36. The fraction of sp³-hybridized carbons (Fsp3) is 0.133. The molecule has 0 fully saturated rings. The van der Waals surface area contributed by atoms with Crippen LogP contribution in [0.15, 0.2) is 47.4 Å². The van der Waals surface area contributed by atoms with Crippen LogP contribution >= 0.6 is 23.4 Å². The average Bonchev–Trinajstić information content (AvgIpc) is 2.47. The van der Waals surface area contributed by atoms with Crippen molar-refractivity contribution < 1.29 is 14.6 Å². The quantitative estimate of drug-likeness (QED) is 0.480. The number of carboxylic acids is 1. The minimum absolute atomic E-state index is 0.244. The third kappa shape index (κ3) is 4.58. The van der Waals surface area contributed by atoms with Gasteiger partial charge < -0.3 is 15.6 Å². The Balaban J connectivity index is 1.79. The minimum atomic E-state index is -0.947. The summed E-state index contributed by atoms with van der Waals surface area (Å²) in [5.41, 5.74) is 6.45. The Morgan fingerprint density at radius 1 is 1.24 bits per heavy atom. The number of hydrogen-bond acceptors (Lipinski definition) is 4. The van der Waals surface area contributed by atoms with E-state index < -0.39 is 5.97 Å². The third-order valence-electron chi connectivity index (χ3n) is 2.69. The van der Waals surface area contributed by atoms with Gasteiger partial charge in [0.05, 0.1) is 22.9 Å². The number of anilines is 1. The van der Waals surface area contributed by atoms with Gasteiger partial charge in [-0.3, -0.25) is 0 Å². The van der Waals surface area contributed by atoms with E-state index in [0.717, 1.165) is 10.6 Å². The molecule has 0 saturated heterocycles. The number of halogens is 1. The van der Waals surface area contributed by atoms with Gasteiger partial charge in [0.1, 0.15) is 5.75 Å². The van der Waals surface area contributed by atoms with Crippen molar-refractivity contribution in [2.45, 2.75) is 4.90 Å². The zero-order valence-corrected chi connectivity index (χ0v) is 12.7. The van der Waals surface area contributed by atoms with Gasteiger partial charge in [-0.1, -0.05) is 11.6 Å². The lowest BCUT2D eigenvalue weighted by Crippen LogP contribution is -2.01. The predicted molar refractivity (Wildman–Crippen MR) is 85.5 cm³/mol. The molecule has 0 saturated carbocycles. The molecule has 2 aromatic rings. The number of ether oxygens (including phenoxy) is 1. The van der Waals surface area contributed by atoms with Crippen molar-refractivity contribution in [1.82, 2.24) is 0 Å². The first kappa shape index (κ1) is 15.5. The Morgan fingerprint density at radius 3 is 2.57 bits per heavy atom. The van der Waals surface area contributed by atoms with Crippen molar-refractivity contribution in [3.05, 3.63) is 53.1 Å². The molecule has 0 aliphatic heterocycles. The van der Waals surface area contributed by atoms with Gasteiger partial charge in [0.15, 0.2) is 0 Å². The molecule has 0 atom stereocenters. The van der Waals surface area contributed by atoms with Crippen LogP contribution in [0.1, 0.15) is 10.4 Å². The van der Waals surface area contributed by atoms with Crippen molar-refractivity contribution in [2.75, 3.05) is 18.1 Å². The lowest BCUT2D eigenvalue weighted by Gasteiger charge is -2.07. The molecule has 0 aromatic heterocycles. The van der Waals surface area contributed by atoms with Gasteiger partial charge in [0.2, 0.25) is 0 Å². The van der Waals surface area contributed by atoms with Crippen LogP contribution in [-0.4, -0.2) is 23.4 Å². The average molecular weight is 324 g/mol. The summed E-state index contributed by atoms with van der Waals surface area (Å²) in [5, 5.41) is 9.34. The molecular weight excluding hydrogens is 310 g/mol. The lowest BCUT2D eigenvalue weighted by atomic mass is 10.2. The van der Waals surface area contributed by atoms with Gasteiger partial charge in [-0.05, 0) is 42.5 Å². The highest BCUT2D eigenvalue weighted by Gasteiger charge is 2.03. The number of hydrogen-bond donors (Lipinski definition) is 2. The van der Waals surface area contributed by atoms with Crippen molar-refractivity contribution in [2.24, 2.45) is 0 Å². The van der Waals surface area contributed by atoms with Crippen LogP contribution in [0.4, 0.5) is 5.69 Å². The van der Waals surface area contributed by atoms with Crippen molar-refractivity contribution in [3.63, 3.8) is 0 Å². The van der Waals surface area contributed by atoms with Crippen molar-refractivity contribution >= 4 is 35.0 Å². The van der Waals surface area contributed by atoms with E-state index in [0.29, 0.717) is 23.1 Å². The minimum Gasteiger partial charge on any atom is -0.493 e. The maximum atomic E-state index is 10.7. The summed E-state index contributed by atoms with van der Waals surface area (Å²) in [6.07, 6.45) is 0. The van der Waals surface area contributed by atoms with E-state index >= 15 is 0 Å². The SMILES string of the molecule is Nc1ccc(SCCOc2ccc(C(=O)O)cc2)cc1Cl. The van der Waals surface area contributed by atoms with E-state index in [1.165, 1.54) is 12.1 Å². The molecule has 2 rings (SSSR count). The summed E-state index contributed by atoms with van der Waals surface area (Å²) in [6.45, 7) is 0.513. The molecule has 6 heteroatoms. The maximum absolute atomic E-state index is 10.7. The standard InChI is InChI=1S/C15H14ClNO3S/c16-13-9-12(5-6-14(13)17)21-8-7-20-11-3-1-10(2-4-11)15(18)19/h1-6,9H,7-8,17H2,(H,18,19). The highest BCUT2D eigenvalue weighted by molar-refractivity contribution is 7.99. The molecule has 0 aliphatic carbocycles. The molecule has 0 aliphatic rings. The van der Waals surface area contributed by atoms with E-state index in [9.17, 15) is 4.79 Å². The Hall–Kier alpha value is -1.85. The first-order chi connectivity index (χ1) is 10.1. The molecule has 0 unspecified atom stereocenters. The fourth-order valence-corrected chi connectivity index (χ4v) is 2.62. The van der Waals surface area contributed by atoms with Gasteiger partial charge in [-0.2, -0.15) is 0 Å². The van der Waals surface area contributed by atoms with Crippen molar-refractivity contribution in [3.8, 4) is 5.75 Å². The second kappa shape index (κ2) is 7.24. The number of nitrogen functional groups attached to an aromatic ring is 1. The number of thioether (sulfide) groups is 1. The molecule has 0 radical (unpaired) electrons. The Morgan fingerprint density at radius 2 is 1.95 bits per heavy atom. The molecule has 2 aromatic carbocycles. The van der Waals surface area contributed by atoms with E-state index in [1.807, 2.05) is 12.1 Å². The second-order valence-corrected chi connectivity index (χ2v) is 5.79. The van der Waals surface area contributed by atoms with E-state index in [1.54, 1.807) is 30.0 Å². The number of rotatable bonds is 6. The zero-order valence-electron chi connectivity index (χ0n) is 11.1. The van der Waals surface area contributed by atoms with E-state index in [-0.39, 0.29) is 5.56 Å². The van der Waals surface area contributed by atoms with Gasteiger partial charge in [0.25, 0.3) is 0 Å². The van der Waals surface area contributed by atoms with Crippen LogP contribution in [0.2, 0.25) is 5.02 Å². The smallest absolute Gasteiger partial charge is 0.335 e. The third-order valence-corrected chi connectivity index (χ3v) is 3.98. The molecule has 0 heterocycles. The van der Waals surface area contributed by atoms with Crippen LogP contribution in [0.25, 0.3) is 0 Å². The summed E-state index contributed by atoms with van der Waals surface area (Å²) in [7, 11) is 0. The number of benzene rings is 2. The fourth-order valence-electron chi connectivity index (χ4n) is 1.61. The first-order valence-electron chi connectivity index (χ1n) is 6.20. The predicted octanol–water partition coefficient (Wildman–Crippen LogP) is 3.79. The summed E-state index contributed by atoms with van der Waals surface area (Å²) in [4.78, 5) is 11.7. The zero-order chi connectivity index (χ0) is 15.2. The number of carbonyl (C=O) groups is 1. The summed E-state index contributed by atoms with van der Waals surface area (Å²) in [6, 6.07) is 11.8. The molecule has 21 heavy (non-hydrogen) atoms. The second-order valence-electron chi connectivity index (χ2n) is 4.21. The van der Waals surface area contributed by atoms with Crippen LogP contribution < -0.4 is 10.5 Å². The molecule has 110 valence electrons. The summed E-state index contributed by atoms with van der Waals surface area (Å²) >= 11 is 7.56. The topological polar surface area (TPSA) is 72.5 Å². The molecular formula is C15H14ClNO3S. The molecule has 0 amide bonds. The molecule has 4 nitrogen and oxygen atoms in total. The van der Waals surface area contributed by atoms with Gasteiger partial charge in [-0.15, -0.1) is 11.8 Å². The van der Waals surface area contributed by atoms with Crippen LogP contribution in [-0.2, 0) is 0 Å². The summed E-state index contributed by atoms with van der Waals surface area (Å²) < 4.78 is 5.54. The first-order valence-corrected chi connectivity index (χ1v) is 7.56. The Labute approximate surface area is 131 Å². The molecule has 0 bridgehead atoms. The monoisotopic (exact) mass is 323 g/mol. The molecule has 3 N–H and O–H groups in total. The number of nitrogens with two attached hydrogens (primary N) is 1. The van der Waals surface area contributed by atoms with E-state index in [2.05, 4.69) is 0 Å². The van der Waals surface area contributed by atoms with Crippen LogP contribution in [0.3, 0.4) is 0 Å². The summed E-state index contributed by atoms with van der Waals surface area (Å²) in [5.74, 6) is 0.453. The van der Waals surface area contributed by atoms with Crippen molar-refractivity contribution in [1.29, 1.82) is 0 Å². The normalized spacial score (nSPS) is 10.3.